The molecule has 0 bridgehead atoms. The van der Waals surface area contributed by atoms with Crippen LogP contribution in [0.5, 0.6) is 0 Å². The predicted octanol–water partition coefficient (Wildman–Crippen LogP) is 9.46. The fraction of sp³-hybridized carbons (Fsp3) is 0.0244. The number of hydrogen-bond acceptors (Lipinski definition) is 6. The number of aromatic nitrogens is 4. The normalized spacial score (nSPS) is 13.3. The monoisotopic (exact) mass is 604 g/mol. The van der Waals surface area contributed by atoms with E-state index in [2.05, 4.69) is 107 Å². The molecule has 2 aliphatic rings. The standard InChI is InChI=1S/C41H24N4O2/c1-3-9-31-27(7-1)28-8-2-4-10-32(28)41(31)33-19-25(35-11-5-13-37(44-35)39-21-42-23-46-39)15-17-29(33)30-18-16-26(20-34(30)41)36-12-6-14-38(45-36)40-22-43-24-47-40/h1-24H. The van der Waals surface area contributed by atoms with Gasteiger partial charge in [0.1, 0.15) is 11.4 Å². The molecule has 220 valence electrons. The lowest BCUT2D eigenvalue weighted by molar-refractivity contribution is 0.569. The summed E-state index contributed by atoms with van der Waals surface area (Å²) in [4.78, 5) is 18.2. The van der Waals surface area contributed by atoms with E-state index in [0.29, 0.717) is 11.5 Å². The average molecular weight is 605 g/mol. The zero-order valence-corrected chi connectivity index (χ0v) is 25.0. The summed E-state index contributed by atoms with van der Waals surface area (Å²) in [5, 5.41) is 0. The zero-order valence-electron chi connectivity index (χ0n) is 25.0. The minimum absolute atomic E-state index is 0.519. The van der Waals surface area contributed by atoms with E-state index in [0.717, 1.165) is 33.9 Å². The molecular formula is C41H24N4O2. The summed E-state index contributed by atoms with van der Waals surface area (Å²) in [5.41, 5.74) is 14.8. The Morgan fingerprint density at radius 1 is 0.404 bits per heavy atom. The smallest absolute Gasteiger partial charge is 0.181 e. The van der Waals surface area contributed by atoms with E-state index in [9.17, 15) is 0 Å². The second kappa shape index (κ2) is 9.80. The number of fused-ring (bicyclic) bond motifs is 10. The van der Waals surface area contributed by atoms with E-state index in [4.69, 9.17) is 18.8 Å². The molecule has 0 unspecified atom stereocenters. The number of rotatable bonds is 4. The maximum Gasteiger partial charge on any atom is 0.181 e. The highest BCUT2D eigenvalue weighted by atomic mass is 16.3. The third-order valence-electron chi connectivity index (χ3n) is 9.55. The number of hydrogen-bond donors (Lipinski definition) is 0. The van der Waals surface area contributed by atoms with Gasteiger partial charge in [0, 0.05) is 11.1 Å². The average Bonchev–Trinajstić information content (AvgIpc) is 3.96. The molecule has 0 radical (unpaired) electrons. The SMILES string of the molecule is c1cc(-c2ccc3c(c2)C2(c4ccccc4-c4ccccc42)c2cc(-c4cccc(-c5cnco5)n4)ccc2-3)nc(-c2cnco2)c1. The van der Waals surface area contributed by atoms with Gasteiger partial charge in [-0.2, -0.15) is 0 Å². The van der Waals surface area contributed by atoms with Crippen LogP contribution in [-0.4, -0.2) is 19.9 Å². The van der Waals surface area contributed by atoms with Crippen LogP contribution in [-0.2, 0) is 5.41 Å². The van der Waals surface area contributed by atoms with Crippen LogP contribution in [0.2, 0.25) is 0 Å². The van der Waals surface area contributed by atoms with Crippen LogP contribution >= 0.6 is 0 Å². The summed E-state index contributed by atoms with van der Waals surface area (Å²) in [6.07, 6.45) is 6.26. The molecule has 0 saturated heterocycles. The van der Waals surface area contributed by atoms with Crippen molar-refractivity contribution in [3.05, 3.63) is 169 Å². The van der Waals surface area contributed by atoms with Crippen molar-refractivity contribution < 1.29 is 8.83 Å². The molecule has 1 spiro atoms. The van der Waals surface area contributed by atoms with Crippen LogP contribution in [0.1, 0.15) is 22.3 Å². The van der Waals surface area contributed by atoms with E-state index in [1.807, 2.05) is 24.3 Å². The van der Waals surface area contributed by atoms with E-state index >= 15 is 0 Å². The van der Waals surface area contributed by atoms with Crippen molar-refractivity contribution >= 4 is 0 Å². The van der Waals surface area contributed by atoms with E-state index in [-0.39, 0.29) is 0 Å². The largest absolute Gasteiger partial charge is 0.442 e. The second-order valence-electron chi connectivity index (χ2n) is 11.9. The lowest BCUT2D eigenvalue weighted by Gasteiger charge is -2.31. The third-order valence-corrected chi connectivity index (χ3v) is 9.55. The highest BCUT2D eigenvalue weighted by Gasteiger charge is 2.51. The van der Waals surface area contributed by atoms with Crippen LogP contribution in [0, 0.1) is 0 Å². The zero-order chi connectivity index (χ0) is 31.0. The molecule has 4 aromatic heterocycles. The van der Waals surface area contributed by atoms with Crippen molar-refractivity contribution in [1.82, 2.24) is 19.9 Å². The van der Waals surface area contributed by atoms with Crippen molar-refractivity contribution in [2.45, 2.75) is 5.41 Å². The molecule has 4 heterocycles. The van der Waals surface area contributed by atoms with Crippen molar-refractivity contribution in [3.63, 3.8) is 0 Å². The molecule has 6 nitrogen and oxygen atoms in total. The molecule has 47 heavy (non-hydrogen) atoms. The summed E-state index contributed by atoms with van der Waals surface area (Å²) in [5.74, 6) is 1.29. The Morgan fingerprint density at radius 3 is 1.32 bits per heavy atom. The van der Waals surface area contributed by atoms with Gasteiger partial charge in [0.15, 0.2) is 24.3 Å². The third kappa shape index (κ3) is 3.66. The maximum absolute atomic E-state index is 5.57. The fourth-order valence-corrected chi connectivity index (χ4v) is 7.61. The summed E-state index contributed by atoms with van der Waals surface area (Å²) >= 11 is 0. The van der Waals surface area contributed by atoms with Crippen LogP contribution in [0.4, 0.5) is 0 Å². The number of oxazole rings is 2. The van der Waals surface area contributed by atoms with Gasteiger partial charge in [0.2, 0.25) is 0 Å². The van der Waals surface area contributed by atoms with E-state index < -0.39 is 5.41 Å². The van der Waals surface area contributed by atoms with Gasteiger partial charge in [-0.25, -0.2) is 19.9 Å². The maximum atomic E-state index is 5.57. The molecule has 0 atom stereocenters. The first-order valence-electron chi connectivity index (χ1n) is 15.5. The lowest BCUT2D eigenvalue weighted by Crippen LogP contribution is -2.26. The summed E-state index contributed by atoms with van der Waals surface area (Å²) in [7, 11) is 0. The van der Waals surface area contributed by atoms with Gasteiger partial charge in [0.25, 0.3) is 0 Å². The summed E-state index contributed by atoms with van der Waals surface area (Å²) in [6.45, 7) is 0. The Kier molecular flexibility index (Phi) is 5.40. The van der Waals surface area contributed by atoms with Gasteiger partial charge < -0.3 is 8.83 Å². The van der Waals surface area contributed by atoms with Gasteiger partial charge in [-0.1, -0.05) is 84.9 Å². The molecule has 0 fully saturated rings. The lowest BCUT2D eigenvalue weighted by atomic mass is 9.70. The van der Waals surface area contributed by atoms with Crippen molar-refractivity contribution in [2.24, 2.45) is 0 Å². The van der Waals surface area contributed by atoms with E-state index in [1.165, 1.54) is 57.3 Å². The topological polar surface area (TPSA) is 77.8 Å². The highest BCUT2D eigenvalue weighted by molar-refractivity contribution is 5.96. The molecule has 0 saturated carbocycles. The number of benzene rings is 4. The summed E-state index contributed by atoms with van der Waals surface area (Å²) < 4.78 is 11.1. The first kappa shape index (κ1) is 25.9. The number of nitrogens with zero attached hydrogens (tertiary/aromatic N) is 4. The van der Waals surface area contributed by atoms with Gasteiger partial charge >= 0.3 is 0 Å². The van der Waals surface area contributed by atoms with Crippen molar-refractivity contribution in [1.29, 1.82) is 0 Å². The van der Waals surface area contributed by atoms with Crippen LogP contribution in [0.15, 0.2) is 155 Å². The molecule has 8 aromatic rings. The molecule has 4 aromatic carbocycles. The van der Waals surface area contributed by atoms with Crippen molar-refractivity contribution in [2.75, 3.05) is 0 Å². The van der Waals surface area contributed by atoms with Crippen LogP contribution < -0.4 is 0 Å². The summed E-state index contributed by atoms with van der Waals surface area (Å²) in [6, 6.07) is 43.2. The Balaban J connectivity index is 1.22. The molecule has 6 heteroatoms. The van der Waals surface area contributed by atoms with E-state index in [1.54, 1.807) is 12.4 Å². The van der Waals surface area contributed by atoms with Crippen molar-refractivity contribution in [3.8, 4) is 67.7 Å². The molecule has 0 aliphatic heterocycles. The van der Waals surface area contributed by atoms with Crippen LogP contribution in [0.25, 0.3) is 67.7 Å². The first-order chi connectivity index (χ1) is 23.3. The quantitative estimate of drug-likeness (QED) is 0.199. The highest BCUT2D eigenvalue weighted by Crippen LogP contribution is 2.63. The van der Waals surface area contributed by atoms with Crippen LogP contribution in [0.3, 0.4) is 0 Å². The second-order valence-corrected chi connectivity index (χ2v) is 11.9. The predicted molar refractivity (Wildman–Crippen MR) is 180 cm³/mol. The molecule has 2 aliphatic carbocycles. The first-order valence-corrected chi connectivity index (χ1v) is 15.5. The Bertz CT molecular complexity index is 2310. The molecule has 0 amide bonds. The van der Waals surface area contributed by atoms with Gasteiger partial charge in [-0.3, -0.25) is 0 Å². The minimum Gasteiger partial charge on any atom is -0.442 e. The minimum atomic E-state index is -0.519. The van der Waals surface area contributed by atoms with Gasteiger partial charge in [-0.15, -0.1) is 0 Å². The molecule has 0 N–H and O–H groups in total. The fourth-order valence-electron chi connectivity index (χ4n) is 7.61. The Hall–Kier alpha value is -6.40. The van der Waals surface area contributed by atoms with Gasteiger partial charge in [-0.05, 0) is 80.9 Å². The number of pyridine rings is 2. The molecule has 10 rings (SSSR count). The Labute approximate surface area is 270 Å². The Morgan fingerprint density at radius 2 is 0.851 bits per heavy atom. The van der Waals surface area contributed by atoms with Gasteiger partial charge in [0.05, 0.1) is 29.2 Å². The molecular weight excluding hydrogens is 580 g/mol.